The summed E-state index contributed by atoms with van der Waals surface area (Å²) in [5, 5.41) is 12.6. The largest absolute Gasteiger partial charge is 0.394 e. The van der Waals surface area contributed by atoms with E-state index < -0.39 is 0 Å². The van der Waals surface area contributed by atoms with Gasteiger partial charge in [-0.05, 0) is 24.0 Å². The van der Waals surface area contributed by atoms with Crippen LogP contribution in [0, 0.1) is 5.92 Å². The lowest BCUT2D eigenvalue weighted by Gasteiger charge is -2.22. The zero-order chi connectivity index (χ0) is 14.7. The molecule has 2 N–H and O–H groups in total. The molecule has 2 aliphatic rings. The molecular weight excluding hydrogens is 282 g/mol. The fourth-order valence-corrected chi connectivity index (χ4v) is 4.74. The average Bonchev–Trinajstić information content (AvgIpc) is 3.15. The van der Waals surface area contributed by atoms with Crippen LogP contribution in [-0.2, 0) is 4.79 Å². The molecule has 0 unspecified atom stereocenters. The Labute approximate surface area is 130 Å². The number of carbonyl (C=O) groups excluding carboxylic acids is 1. The Morgan fingerprint density at radius 2 is 2.10 bits per heavy atom. The van der Waals surface area contributed by atoms with Crippen LogP contribution in [0.15, 0.2) is 29.2 Å². The third-order valence-corrected chi connectivity index (χ3v) is 5.86. The second-order valence-electron chi connectivity index (χ2n) is 6.18. The van der Waals surface area contributed by atoms with E-state index in [0.29, 0.717) is 5.92 Å². The fraction of sp³-hybridized carbons (Fsp3) is 0.588. The molecule has 1 aliphatic carbocycles. The number of benzene rings is 1. The van der Waals surface area contributed by atoms with Gasteiger partial charge in [0.25, 0.3) is 0 Å². The van der Waals surface area contributed by atoms with Crippen LogP contribution in [0.3, 0.4) is 0 Å². The fourth-order valence-electron chi connectivity index (χ4n) is 3.51. The van der Waals surface area contributed by atoms with Gasteiger partial charge in [0, 0.05) is 10.6 Å². The smallest absolute Gasteiger partial charge is 0.228 e. The maximum atomic E-state index is 12.5. The van der Waals surface area contributed by atoms with Gasteiger partial charge in [0.05, 0.1) is 18.6 Å². The average molecular weight is 305 g/mol. The van der Waals surface area contributed by atoms with E-state index in [9.17, 15) is 9.90 Å². The van der Waals surface area contributed by atoms with Gasteiger partial charge in [0.1, 0.15) is 0 Å². The summed E-state index contributed by atoms with van der Waals surface area (Å²) in [6, 6.07) is 8.05. The van der Waals surface area contributed by atoms with Crippen LogP contribution in [0.4, 0.5) is 0 Å². The lowest BCUT2D eigenvalue weighted by Crippen LogP contribution is -2.41. The molecule has 1 aromatic carbocycles. The van der Waals surface area contributed by atoms with Crippen molar-refractivity contribution in [2.45, 2.75) is 49.0 Å². The molecule has 1 amide bonds. The van der Waals surface area contributed by atoms with E-state index in [4.69, 9.17) is 0 Å². The number of aliphatic hydroxyl groups is 1. The van der Waals surface area contributed by atoms with Crippen molar-refractivity contribution >= 4 is 17.7 Å². The van der Waals surface area contributed by atoms with Gasteiger partial charge in [0.2, 0.25) is 5.91 Å². The quantitative estimate of drug-likeness (QED) is 0.879. The first kappa shape index (κ1) is 14.9. The molecule has 1 fully saturated rings. The Hall–Kier alpha value is -1.00. The van der Waals surface area contributed by atoms with Crippen LogP contribution in [0.25, 0.3) is 0 Å². The Bertz CT molecular complexity index is 499. The van der Waals surface area contributed by atoms with Crippen LogP contribution in [0.2, 0.25) is 0 Å². The minimum absolute atomic E-state index is 0.0454. The van der Waals surface area contributed by atoms with Crippen molar-refractivity contribution in [3.63, 3.8) is 0 Å². The number of fused-ring (bicyclic) bond motifs is 1. The van der Waals surface area contributed by atoms with E-state index in [-0.39, 0.29) is 24.5 Å². The molecule has 0 aromatic heterocycles. The van der Waals surface area contributed by atoms with Gasteiger partial charge in [-0.15, -0.1) is 11.8 Å². The maximum Gasteiger partial charge on any atom is 0.228 e. The summed E-state index contributed by atoms with van der Waals surface area (Å²) in [5.41, 5.74) is 1.14. The summed E-state index contributed by atoms with van der Waals surface area (Å²) in [7, 11) is 0. The number of hydrogen-bond acceptors (Lipinski definition) is 3. The molecule has 1 aliphatic heterocycles. The molecule has 4 heteroatoms. The molecular formula is C17H23NO2S. The summed E-state index contributed by atoms with van der Waals surface area (Å²) >= 11 is 1.75. The van der Waals surface area contributed by atoms with Crippen molar-refractivity contribution in [1.29, 1.82) is 0 Å². The zero-order valence-electron chi connectivity index (χ0n) is 12.3. The predicted octanol–water partition coefficient (Wildman–Crippen LogP) is 2.93. The third kappa shape index (κ3) is 3.43. The third-order valence-electron chi connectivity index (χ3n) is 4.68. The molecule has 1 heterocycles. The van der Waals surface area contributed by atoms with Gasteiger partial charge >= 0.3 is 0 Å². The molecule has 21 heavy (non-hydrogen) atoms. The summed E-state index contributed by atoms with van der Waals surface area (Å²) in [6.45, 7) is 0.0454. The summed E-state index contributed by atoms with van der Waals surface area (Å²) < 4.78 is 0. The van der Waals surface area contributed by atoms with Gasteiger partial charge in [0.15, 0.2) is 0 Å². The summed E-state index contributed by atoms with van der Waals surface area (Å²) in [6.07, 6.45) is 6.00. The van der Waals surface area contributed by atoms with Crippen LogP contribution in [0.1, 0.15) is 43.6 Å². The molecule has 0 spiro atoms. The summed E-state index contributed by atoms with van der Waals surface area (Å²) in [4.78, 5) is 13.7. The van der Waals surface area contributed by atoms with Gasteiger partial charge in [-0.1, -0.05) is 43.9 Å². The lowest BCUT2D eigenvalue weighted by atomic mass is 9.96. The number of carbonyl (C=O) groups is 1. The van der Waals surface area contributed by atoms with Crippen molar-refractivity contribution in [3.8, 4) is 0 Å². The second kappa shape index (κ2) is 6.84. The van der Waals surface area contributed by atoms with Crippen molar-refractivity contribution in [2.75, 3.05) is 12.4 Å². The Morgan fingerprint density at radius 1 is 1.33 bits per heavy atom. The molecule has 0 radical (unpaired) electrons. The first-order valence-electron chi connectivity index (χ1n) is 7.91. The number of thioether (sulfide) groups is 1. The number of hydrogen-bond donors (Lipinski definition) is 2. The highest BCUT2D eigenvalue weighted by atomic mass is 32.2. The van der Waals surface area contributed by atoms with Gasteiger partial charge in [-0.3, -0.25) is 4.79 Å². The molecule has 1 aromatic rings. The topological polar surface area (TPSA) is 49.3 Å². The van der Waals surface area contributed by atoms with Crippen LogP contribution >= 0.6 is 11.8 Å². The monoisotopic (exact) mass is 305 g/mol. The van der Waals surface area contributed by atoms with E-state index in [1.807, 2.05) is 18.2 Å². The predicted molar refractivity (Wildman–Crippen MR) is 85.5 cm³/mol. The van der Waals surface area contributed by atoms with E-state index >= 15 is 0 Å². The highest BCUT2D eigenvalue weighted by Crippen LogP contribution is 2.39. The second-order valence-corrected chi connectivity index (χ2v) is 7.24. The van der Waals surface area contributed by atoms with Crippen molar-refractivity contribution < 1.29 is 9.90 Å². The number of rotatable bonds is 5. The highest BCUT2D eigenvalue weighted by Gasteiger charge is 2.30. The Morgan fingerprint density at radius 3 is 2.86 bits per heavy atom. The van der Waals surface area contributed by atoms with Crippen molar-refractivity contribution in [3.05, 3.63) is 29.8 Å². The van der Waals surface area contributed by atoms with Crippen LogP contribution in [0.5, 0.6) is 0 Å². The molecule has 1 saturated carbocycles. The van der Waals surface area contributed by atoms with Gasteiger partial charge in [-0.2, -0.15) is 0 Å². The summed E-state index contributed by atoms with van der Waals surface area (Å²) in [5.74, 6) is 1.49. The number of nitrogens with one attached hydrogen (secondary N) is 1. The molecule has 114 valence electrons. The van der Waals surface area contributed by atoms with E-state index in [1.54, 1.807) is 11.8 Å². The Balaban J connectivity index is 1.60. The minimum Gasteiger partial charge on any atom is -0.394 e. The number of amides is 1. The molecule has 0 bridgehead atoms. The number of aliphatic hydroxyl groups excluding tert-OH is 1. The zero-order valence-corrected chi connectivity index (χ0v) is 13.1. The lowest BCUT2D eigenvalue weighted by molar-refractivity contribution is -0.123. The first-order valence-corrected chi connectivity index (χ1v) is 8.89. The van der Waals surface area contributed by atoms with Gasteiger partial charge in [-0.25, -0.2) is 0 Å². The Kier molecular flexibility index (Phi) is 4.86. The maximum absolute atomic E-state index is 12.5. The van der Waals surface area contributed by atoms with E-state index in [2.05, 4.69) is 11.4 Å². The molecule has 3 rings (SSSR count). The molecule has 2 atom stereocenters. The van der Waals surface area contributed by atoms with Crippen LogP contribution in [-0.4, -0.2) is 29.4 Å². The first-order chi connectivity index (χ1) is 10.3. The van der Waals surface area contributed by atoms with Crippen LogP contribution < -0.4 is 5.32 Å². The van der Waals surface area contributed by atoms with E-state index in [1.165, 1.54) is 30.6 Å². The van der Waals surface area contributed by atoms with Crippen molar-refractivity contribution in [1.82, 2.24) is 5.32 Å². The molecule has 3 nitrogen and oxygen atoms in total. The van der Waals surface area contributed by atoms with Gasteiger partial charge < -0.3 is 10.4 Å². The highest BCUT2D eigenvalue weighted by molar-refractivity contribution is 7.99. The standard InChI is InChI=1S/C17H23NO2S/c19-10-13(9-12-5-1-2-6-12)18-17(20)15-11-21-16-8-4-3-7-14(15)16/h3-4,7-8,12-13,15,19H,1-2,5-6,9-11H2,(H,18,20)/t13-,15+/m0/s1. The SMILES string of the molecule is O=C(N[C@H](CO)CC1CCCC1)[C@@H]1CSc2ccccc21. The molecule has 0 saturated heterocycles. The van der Waals surface area contributed by atoms with E-state index in [0.717, 1.165) is 17.7 Å². The normalized spacial score (nSPS) is 23.0. The van der Waals surface area contributed by atoms with Crippen molar-refractivity contribution in [2.24, 2.45) is 5.92 Å². The minimum atomic E-state index is -0.0848.